The smallest absolute Gasteiger partial charge is 0.338 e. The standard InChI is InChI=1S/C29H32BrN3O6S/c1-5-37-22-14-18(10-11-21(22)36-4)25-24(28(35)38-6-2)17(3)31-29-33(25)26(34)23(40-29)16-19-15-20(30)27(39-19)32-12-8-7-9-13-32/h10-11,14-16,25H,5-9,12-13H2,1-4H3/b23-16+/t25-/m1/s1. The number of esters is 1. The summed E-state index contributed by atoms with van der Waals surface area (Å²) >= 11 is 4.88. The van der Waals surface area contributed by atoms with Crippen molar-refractivity contribution in [3.63, 3.8) is 0 Å². The van der Waals surface area contributed by atoms with Crippen molar-refractivity contribution in [2.24, 2.45) is 4.99 Å². The third kappa shape index (κ3) is 5.36. The number of allylic oxidation sites excluding steroid dienone is 1. The second-order valence-electron chi connectivity index (χ2n) is 9.50. The fourth-order valence-electron chi connectivity index (χ4n) is 5.13. The molecular formula is C29H32BrN3O6S. The zero-order valence-corrected chi connectivity index (χ0v) is 25.4. The van der Waals surface area contributed by atoms with Gasteiger partial charge in [-0.15, -0.1) is 0 Å². The Kier molecular flexibility index (Phi) is 8.51. The van der Waals surface area contributed by atoms with Crippen molar-refractivity contribution < 1.29 is 23.4 Å². The van der Waals surface area contributed by atoms with Crippen LogP contribution in [0.4, 0.5) is 5.88 Å². The molecule has 1 saturated heterocycles. The van der Waals surface area contributed by atoms with Gasteiger partial charge < -0.3 is 23.5 Å². The third-order valence-corrected chi connectivity index (χ3v) is 8.48. The number of furan rings is 1. The minimum Gasteiger partial charge on any atom is -0.493 e. The van der Waals surface area contributed by atoms with Crippen LogP contribution in [-0.4, -0.2) is 43.9 Å². The van der Waals surface area contributed by atoms with Gasteiger partial charge in [0, 0.05) is 25.2 Å². The summed E-state index contributed by atoms with van der Waals surface area (Å²) in [5.74, 6) is 1.91. The van der Waals surface area contributed by atoms with Crippen LogP contribution in [0.15, 0.2) is 54.2 Å². The number of anilines is 1. The molecule has 9 nitrogen and oxygen atoms in total. The molecule has 1 fully saturated rings. The van der Waals surface area contributed by atoms with Crippen LogP contribution < -0.4 is 29.3 Å². The molecule has 2 aromatic heterocycles. The van der Waals surface area contributed by atoms with Crippen molar-refractivity contribution in [1.29, 1.82) is 0 Å². The van der Waals surface area contributed by atoms with Gasteiger partial charge in [-0.25, -0.2) is 9.79 Å². The van der Waals surface area contributed by atoms with Crippen LogP contribution in [0.1, 0.15) is 57.4 Å². The number of methoxy groups -OCH3 is 1. The van der Waals surface area contributed by atoms with Crippen LogP contribution in [0, 0.1) is 0 Å². The summed E-state index contributed by atoms with van der Waals surface area (Å²) in [6.45, 7) is 7.90. The maximum Gasteiger partial charge on any atom is 0.338 e. The van der Waals surface area contributed by atoms with E-state index in [0.29, 0.717) is 50.0 Å². The summed E-state index contributed by atoms with van der Waals surface area (Å²) in [4.78, 5) is 34.5. The number of rotatable bonds is 8. The van der Waals surface area contributed by atoms with Crippen molar-refractivity contribution >= 4 is 45.2 Å². The first-order chi connectivity index (χ1) is 19.4. The first-order valence-corrected chi connectivity index (χ1v) is 15.0. The van der Waals surface area contributed by atoms with Crippen molar-refractivity contribution in [3.8, 4) is 11.5 Å². The minimum absolute atomic E-state index is 0.201. The number of fused-ring (bicyclic) bond motifs is 1. The van der Waals surface area contributed by atoms with Crippen LogP contribution in [0.2, 0.25) is 0 Å². The lowest BCUT2D eigenvalue weighted by atomic mass is 9.95. The lowest BCUT2D eigenvalue weighted by Crippen LogP contribution is -2.40. The molecule has 0 N–H and O–H groups in total. The zero-order chi connectivity index (χ0) is 28.4. The van der Waals surface area contributed by atoms with E-state index < -0.39 is 12.0 Å². The largest absolute Gasteiger partial charge is 0.493 e. The molecule has 0 saturated carbocycles. The van der Waals surface area contributed by atoms with E-state index in [9.17, 15) is 9.59 Å². The number of nitrogens with zero attached hydrogens (tertiary/aromatic N) is 3. The van der Waals surface area contributed by atoms with Gasteiger partial charge in [-0.05, 0) is 73.7 Å². The maximum atomic E-state index is 13.9. The highest BCUT2D eigenvalue weighted by Crippen LogP contribution is 2.36. The molecule has 0 amide bonds. The summed E-state index contributed by atoms with van der Waals surface area (Å²) in [6, 6.07) is 6.53. The van der Waals surface area contributed by atoms with Gasteiger partial charge in [0.2, 0.25) is 5.88 Å². The van der Waals surface area contributed by atoms with Crippen molar-refractivity contribution in [2.75, 3.05) is 38.3 Å². The molecule has 1 aromatic carbocycles. The highest BCUT2D eigenvalue weighted by molar-refractivity contribution is 9.10. The van der Waals surface area contributed by atoms with E-state index in [4.69, 9.17) is 18.6 Å². The number of carbonyl (C=O) groups excluding carboxylic acids is 1. The van der Waals surface area contributed by atoms with Gasteiger partial charge in [-0.1, -0.05) is 17.4 Å². The number of carbonyl (C=O) groups is 1. The molecule has 0 unspecified atom stereocenters. The van der Waals surface area contributed by atoms with Crippen LogP contribution in [-0.2, 0) is 9.53 Å². The van der Waals surface area contributed by atoms with Crippen molar-refractivity contribution in [3.05, 3.63) is 71.0 Å². The first-order valence-electron chi connectivity index (χ1n) is 13.4. The molecule has 1 atom stereocenters. The Labute approximate surface area is 244 Å². The molecule has 212 valence electrons. The van der Waals surface area contributed by atoms with E-state index in [1.807, 2.05) is 19.1 Å². The van der Waals surface area contributed by atoms with Gasteiger partial charge in [0.05, 0.1) is 46.6 Å². The van der Waals surface area contributed by atoms with E-state index in [1.54, 1.807) is 43.7 Å². The summed E-state index contributed by atoms with van der Waals surface area (Å²) in [5.41, 5.74) is 1.21. The van der Waals surface area contributed by atoms with E-state index in [2.05, 4.69) is 25.8 Å². The second kappa shape index (κ2) is 12.1. The second-order valence-corrected chi connectivity index (χ2v) is 11.4. The number of ether oxygens (including phenoxy) is 3. The molecular weight excluding hydrogens is 598 g/mol. The average Bonchev–Trinajstić information content (AvgIpc) is 3.46. The van der Waals surface area contributed by atoms with E-state index >= 15 is 0 Å². The molecule has 5 rings (SSSR count). The summed E-state index contributed by atoms with van der Waals surface area (Å²) < 4.78 is 25.7. The number of hydrogen-bond acceptors (Lipinski definition) is 9. The van der Waals surface area contributed by atoms with Crippen LogP contribution >= 0.6 is 27.3 Å². The molecule has 40 heavy (non-hydrogen) atoms. The van der Waals surface area contributed by atoms with Crippen LogP contribution in [0.3, 0.4) is 0 Å². The van der Waals surface area contributed by atoms with Gasteiger partial charge in [0.15, 0.2) is 16.3 Å². The highest BCUT2D eigenvalue weighted by atomic mass is 79.9. The SMILES string of the molecule is CCOC(=O)C1=C(C)N=c2s/c(=C/c3cc(Br)c(N4CCCCC4)o3)c(=O)n2[C@@H]1c1ccc(OC)c(OCC)c1. The minimum atomic E-state index is -0.755. The fourth-order valence-corrected chi connectivity index (χ4v) is 6.71. The Balaban J connectivity index is 1.65. The van der Waals surface area contributed by atoms with Crippen LogP contribution in [0.25, 0.3) is 6.08 Å². The Hall–Kier alpha value is -3.31. The van der Waals surface area contributed by atoms with Gasteiger partial charge >= 0.3 is 5.97 Å². The van der Waals surface area contributed by atoms with Crippen molar-refractivity contribution in [2.45, 2.75) is 46.1 Å². The molecule has 2 aliphatic heterocycles. The Morgan fingerprint density at radius 1 is 1.18 bits per heavy atom. The lowest BCUT2D eigenvalue weighted by Gasteiger charge is -2.26. The molecule has 0 aliphatic carbocycles. The predicted octanol–water partition coefficient (Wildman–Crippen LogP) is 4.55. The van der Waals surface area contributed by atoms with Gasteiger partial charge in [0.25, 0.3) is 5.56 Å². The van der Waals surface area contributed by atoms with Gasteiger partial charge in [-0.2, -0.15) is 0 Å². The maximum absolute atomic E-state index is 13.9. The molecule has 0 spiro atoms. The zero-order valence-electron chi connectivity index (χ0n) is 23.0. The molecule has 11 heteroatoms. The van der Waals surface area contributed by atoms with Crippen LogP contribution in [0.5, 0.6) is 11.5 Å². The normalized spacial score (nSPS) is 17.5. The molecule has 2 aliphatic rings. The van der Waals surface area contributed by atoms with E-state index in [-0.39, 0.29) is 12.2 Å². The molecule has 3 aromatic rings. The number of hydrogen-bond donors (Lipinski definition) is 0. The topological polar surface area (TPSA) is 95.5 Å². The van der Waals surface area contributed by atoms with Gasteiger partial charge in [0.1, 0.15) is 5.76 Å². The number of benzene rings is 1. The highest BCUT2D eigenvalue weighted by Gasteiger charge is 2.34. The monoisotopic (exact) mass is 629 g/mol. The summed E-state index contributed by atoms with van der Waals surface area (Å²) in [5, 5.41) is 0. The third-order valence-electron chi connectivity index (χ3n) is 6.92. The van der Waals surface area contributed by atoms with Crippen molar-refractivity contribution in [1.82, 2.24) is 4.57 Å². The number of thiazole rings is 1. The predicted molar refractivity (Wildman–Crippen MR) is 157 cm³/mol. The van der Waals surface area contributed by atoms with E-state index in [1.165, 1.54) is 17.8 Å². The quantitative estimate of drug-likeness (QED) is 0.337. The summed E-state index contributed by atoms with van der Waals surface area (Å²) in [6.07, 6.45) is 5.21. The van der Waals surface area contributed by atoms with Gasteiger partial charge in [-0.3, -0.25) is 9.36 Å². The number of piperidine rings is 1. The molecule has 0 bridgehead atoms. The van der Waals surface area contributed by atoms with E-state index in [0.717, 1.165) is 36.3 Å². The number of halogens is 1. The Morgan fingerprint density at radius 3 is 2.65 bits per heavy atom. The molecule has 4 heterocycles. The fraction of sp³-hybridized carbons (Fsp3) is 0.414. The number of aromatic nitrogens is 1. The Morgan fingerprint density at radius 2 is 1.95 bits per heavy atom. The molecule has 0 radical (unpaired) electrons. The first kappa shape index (κ1) is 28.2. The Bertz CT molecular complexity index is 1630. The summed E-state index contributed by atoms with van der Waals surface area (Å²) in [7, 11) is 1.57. The lowest BCUT2D eigenvalue weighted by molar-refractivity contribution is -0.139. The average molecular weight is 631 g/mol.